The van der Waals surface area contributed by atoms with Crippen molar-refractivity contribution in [2.24, 2.45) is 0 Å². The van der Waals surface area contributed by atoms with Gasteiger partial charge in [-0.05, 0) is 6.42 Å². The lowest BCUT2D eigenvalue weighted by atomic mass is 10.1. The number of carbonyl (C=O) groups is 1. The first-order valence-electron chi connectivity index (χ1n) is 5.64. The second-order valence-electron chi connectivity index (χ2n) is 3.83. The number of hydrogen-bond donors (Lipinski definition) is 2. The largest absolute Gasteiger partial charge is 0.478 e. The average Bonchev–Trinajstić information content (AvgIpc) is 2.67. The molecular weight excluding hydrogens is 208 g/mol. The molecule has 90 valence electrons. The molecule has 1 aromatic heterocycles. The molecule has 0 saturated heterocycles. The highest BCUT2D eigenvalue weighted by Gasteiger charge is 2.18. The summed E-state index contributed by atoms with van der Waals surface area (Å²) in [5.41, 5.74) is 0.497. The predicted molar refractivity (Wildman–Crippen MR) is 59.4 cm³/mol. The summed E-state index contributed by atoms with van der Waals surface area (Å²) in [5, 5.41) is 18.0. The summed E-state index contributed by atoms with van der Waals surface area (Å²) in [6, 6.07) is 0. The molecule has 1 heterocycles. The lowest BCUT2D eigenvalue weighted by Crippen LogP contribution is -2.03. The van der Waals surface area contributed by atoms with Crippen LogP contribution in [-0.2, 0) is 13.0 Å². The predicted octanol–water partition coefficient (Wildman–Crippen LogP) is 2.59. The molecule has 0 atom stereocenters. The van der Waals surface area contributed by atoms with E-state index in [4.69, 9.17) is 14.6 Å². The molecule has 4 nitrogen and oxygen atoms in total. The van der Waals surface area contributed by atoms with Crippen molar-refractivity contribution in [3.05, 3.63) is 23.2 Å². The summed E-state index contributed by atoms with van der Waals surface area (Å²) < 4.78 is 5.19. The zero-order valence-corrected chi connectivity index (χ0v) is 9.53. The zero-order valence-electron chi connectivity index (χ0n) is 9.53. The quantitative estimate of drug-likeness (QED) is 0.701. The van der Waals surface area contributed by atoms with Crippen molar-refractivity contribution in [3.8, 4) is 0 Å². The maximum atomic E-state index is 11.0. The zero-order chi connectivity index (χ0) is 12.0. The minimum Gasteiger partial charge on any atom is -0.478 e. The first kappa shape index (κ1) is 12.8. The van der Waals surface area contributed by atoms with Gasteiger partial charge >= 0.3 is 5.97 Å². The van der Waals surface area contributed by atoms with Crippen LogP contribution in [0.4, 0.5) is 0 Å². The van der Waals surface area contributed by atoms with Crippen LogP contribution >= 0.6 is 0 Å². The van der Waals surface area contributed by atoms with Gasteiger partial charge in [0.1, 0.15) is 11.3 Å². The normalized spacial score (nSPS) is 10.6. The highest BCUT2D eigenvalue weighted by atomic mass is 16.4. The van der Waals surface area contributed by atoms with E-state index in [1.54, 1.807) is 0 Å². The molecule has 0 bridgehead atoms. The SMILES string of the molecule is CCCCCCc1occ(CO)c1C(=O)O. The second-order valence-corrected chi connectivity index (χ2v) is 3.83. The Bertz CT molecular complexity index is 341. The van der Waals surface area contributed by atoms with Crippen LogP contribution in [0.25, 0.3) is 0 Å². The first-order valence-corrected chi connectivity index (χ1v) is 5.64. The van der Waals surface area contributed by atoms with E-state index in [1.165, 1.54) is 6.26 Å². The van der Waals surface area contributed by atoms with Gasteiger partial charge in [0, 0.05) is 12.0 Å². The summed E-state index contributed by atoms with van der Waals surface area (Å²) in [4.78, 5) is 11.0. The standard InChI is InChI=1S/C12H18O4/c1-2-3-4-5-6-10-11(12(14)15)9(7-13)8-16-10/h8,13H,2-7H2,1H3,(H,14,15). The summed E-state index contributed by atoms with van der Waals surface area (Å²) in [7, 11) is 0. The van der Waals surface area contributed by atoms with Crippen LogP contribution in [0.2, 0.25) is 0 Å². The van der Waals surface area contributed by atoms with Crippen molar-refractivity contribution in [1.29, 1.82) is 0 Å². The van der Waals surface area contributed by atoms with Crippen molar-refractivity contribution < 1.29 is 19.4 Å². The van der Waals surface area contributed by atoms with Crippen LogP contribution < -0.4 is 0 Å². The summed E-state index contributed by atoms with van der Waals surface area (Å²) >= 11 is 0. The van der Waals surface area contributed by atoms with Gasteiger partial charge in [-0.25, -0.2) is 4.79 Å². The number of aromatic carboxylic acids is 1. The fraction of sp³-hybridized carbons (Fsp3) is 0.583. The Kier molecular flexibility index (Phi) is 5.05. The van der Waals surface area contributed by atoms with Gasteiger partial charge in [-0.15, -0.1) is 0 Å². The van der Waals surface area contributed by atoms with Crippen LogP contribution in [0.3, 0.4) is 0 Å². The van der Waals surface area contributed by atoms with Gasteiger partial charge in [0.15, 0.2) is 0 Å². The number of rotatable bonds is 7. The smallest absolute Gasteiger partial charge is 0.339 e. The van der Waals surface area contributed by atoms with Crippen molar-refractivity contribution in [2.45, 2.75) is 45.6 Å². The fourth-order valence-corrected chi connectivity index (χ4v) is 1.71. The van der Waals surface area contributed by atoms with Crippen molar-refractivity contribution in [3.63, 3.8) is 0 Å². The van der Waals surface area contributed by atoms with E-state index < -0.39 is 5.97 Å². The van der Waals surface area contributed by atoms with E-state index in [0.717, 1.165) is 25.7 Å². The third-order valence-corrected chi connectivity index (χ3v) is 2.58. The fourth-order valence-electron chi connectivity index (χ4n) is 1.71. The van der Waals surface area contributed by atoms with E-state index >= 15 is 0 Å². The first-order chi connectivity index (χ1) is 7.70. The molecule has 0 radical (unpaired) electrons. The maximum Gasteiger partial charge on any atom is 0.339 e. The number of aliphatic hydroxyl groups is 1. The highest BCUT2D eigenvalue weighted by molar-refractivity contribution is 5.90. The van der Waals surface area contributed by atoms with Crippen LogP contribution in [-0.4, -0.2) is 16.2 Å². The Hall–Kier alpha value is -1.29. The Morgan fingerprint density at radius 2 is 2.12 bits per heavy atom. The molecule has 2 N–H and O–H groups in total. The lowest BCUT2D eigenvalue weighted by molar-refractivity contribution is 0.0691. The number of furan rings is 1. The van der Waals surface area contributed by atoms with Crippen molar-refractivity contribution in [2.75, 3.05) is 0 Å². The Labute approximate surface area is 94.9 Å². The number of aliphatic hydroxyl groups excluding tert-OH is 1. The molecule has 0 saturated carbocycles. The monoisotopic (exact) mass is 226 g/mol. The Morgan fingerprint density at radius 3 is 2.69 bits per heavy atom. The van der Waals surface area contributed by atoms with E-state index in [0.29, 0.717) is 17.7 Å². The molecule has 4 heteroatoms. The number of carboxylic acids is 1. The molecule has 0 aromatic carbocycles. The second kappa shape index (κ2) is 6.33. The summed E-state index contributed by atoms with van der Waals surface area (Å²) in [6.07, 6.45) is 6.25. The number of aryl methyl sites for hydroxylation is 1. The third-order valence-electron chi connectivity index (χ3n) is 2.58. The van der Waals surface area contributed by atoms with Crippen LogP contribution in [0.1, 0.15) is 54.3 Å². The van der Waals surface area contributed by atoms with Gasteiger partial charge in [0.25, 0.3) is 0 Å². The average molecular weight is 226 g/mol. The van der Waals surface area contributed by atoms with Gasteiger partial charge < -0.3 is 14.6 Å². The van der Waals surface area contributed by atoms with E-state index in [9.17, 15) is 4.79 Å². The van der Waals surface area contributed by atoms with E-state index in [1.807, 2.05) is 0 Å². The van der Waals surface area contributed by atoms with E-state index in [2.05, 4.69) is 6.92 Å². The molecule has 0 unspecified atom stereocenters. The van der Waals surface area contributed by atoms with E-state index in [-0.39, 0.29) is 12.2 Å². The molecule has 0 spiro atoms. The van der Waals surface area contributed by atoms with Crippen LogP contribution in [0, 0.1) is 0 Å². The maximum absolute atomic E-state index is 11.0. The molecule has 0 fully saturated rings. The molecule has 0 amide bonds. The minimum atomic E-state index is -1.02. The molecule has 0 aliphatic carbocycles. The Morgan fingerprint density at radius 1 is 1.38 bits per heavy atom. The Balaban J connectivity index is 2.65. The van der Waals surface area contributed by atoms with Crippen LogP contribution in [0.15, 0.2) is 10.7 Å². The minimum absolute atomic E-state index is 0.138. The third kappa shape index (κ3) is 3.10. The van der Waals surface area contributed by atoms with Gasteiger partial charge in [-0.2, -0.15) is 0 Å². The van der Waals surface area contributed by atoms with Crippen molar-refractivity contribution >= 4 is 5.97 Å². The lowest BCUT2D eigenvalue weighted by Gasteiger charge is -2.00. The molecule has 0 aliphatic rings. The topological polar surface area (TPSA) is 70.7 Å². The van der Waals surface area contributed by atoms with Gasteiger partial charge in [-0.1, -0.05) is 26.2 Å². The number of hydrogen-bond acceptors (Lipinski definition) is 3. The van der Waals surface area contributed by atoms with Gasteiger partial charge in [-0.3, -0.25) is 0 Å². The van der Waals surface area contributed by atoms with Gasteiger partial charge in [0.2, 0.25) is 0 Å². The number of unbranched alkanes of at least 4 members (excludes halogenated alkanes) is 3. The summed E-state index contributed by atoms with van der Waals surface area (Å²) in [5.74, 6) is -0.545. The molecule has 0 aliphatic heterocycles. The molecule has 1 rings (SSSR count). The van der Waals surface area contributed by atoms with Crippen molar-refractivity contribution in [1.82, 2.24) is 0 Å². The molecule has 16 heavy (non-hydrogen) atoms. The molecule has 1 aromatic rings. The summed E-state index contributed by atoms with van der Waals surface area (Å²) in [6.45, 7) is 1.83. The van der Waals surface area contributed by atoms with Gasteiger partial charge in [0.05, 0.1) is 12.9 Å². The highest BCUT2D eigenvalue weighted by Crippen LogP contribution is 2.20. The van der Waals surface area contributed by atoms with Crippen LogP contribution in [0.5, 0.6) is 0 Å². The number of carboxylic acid groups (broad SMARTS) is 1. The molecular formula is C12H18O4.